The van der Waals surface area contributed by atoms with Crippen LogP contribution < -0.4 is 29.6 Å². The summed E-state index contributed by atoms with van der Waals surface area (Å²) >= 11 is 3.46. The van der Waals surface area contributed by atoms with Gasteiger partial charge in [0.15, 0.2) is 5.65 Å². The van der Waals surface area contributed by atoms with Gasteiger partial charge in [0.25, 0.3) is 0 Å². The number of halogens is 3. The van der Waals surface area contributed by atoms with Crippen LogP contribution >= 0.6 is 15.9 Å². The van der Waals surface area contributed by atoms with E-state index in [1.54, 1.807) is 10.7 Å². The molecule has 0 unspecified atom stereocenters. The van der Waals surface area contributed by atoms with Gasteiger partial charge in [-0.1, -0.05) is 0 Å². The van der Waals surface area contributed by atoms with Gasteiger partial charge in [0.1, 0.15) is 16.2 Å². The number of likely N-dealkylation sites (tertiary alicyclic amines) is 2. The van der Waals surface area contributed by atoms with Gasteiger partial charge < -0.3 is 30.8 Å². The molecule has 12 nitrogen and oxygen atoms in total. The van der Waals surface area contributed by atoms with Crippen LogP contribution in [0.3, 0.4) is 0 Å². The van der Waals surface area contributed by atoms with Crippen LogP contribution in [-0.2, 0) is 0 Å². The zero-order chi connectivity index (χ0) is 39.9. The Morgan fingerprint density at radius 1 is 0.672 bits per heavy atom. The van der Waals surface area contributed by atoms with Crippen molar-refractivity contribution in [2.45, 2.75) is 37.5 Å². The van der Waals surface area contributed by atoms with Gasteiger partial charge in [-0.15, -0.1) is 5.10 Å². The second kappa shape index (κ2) is 19.8. The predicted octanol–water partition coefficient (Wildman–Crippen LogP) is 7.06. The van der Waals surface area contributed by atoms with Crippen molar-refractivity contribution in [1.82, 2.24) is 44.8 Å². The summed E-state index contributed by atoms with van der Waals surface area (Å²) in [6, 6.07) is 25.9. The number of aromatic amines is 2. The second-order valence-electron chi connectivity index (χ2n) is 14.5. The largest absolute Gasteiger partial charge is 1.00 e. The van der Waals surface area contributed by atoms with Crippen LogP contribution in [0.5, 0.6) is 0 Å². The summed E-state index contributed by atoms with van der Waals surface area (Å²) in [7, 11) is 4.34. The third kappa shape index (κ3) is 10.3. The fraction of sp³-hybridized carbons (Fsp3) is 0.286. The topological polar surface area (TPSA) is 153 Å². The predicted molar refractivity (Wildman–Crippen MR) is 222 cm³/mol. The van der Waals surface area contributed by atoms with Crippen molar-refractivity contribution in [1.29, 1.82) is 0 Å². The number of aromatic nitrogens is 7. The molecular weight excluding hydrogens is 813 g/mol. The average molecular weight is 856 g/mol. The van der Waals surface area contributed by atoms with Gasteiger partial charge in [0, 0.05) is 46.7 Å². The van der Waals surface area contributed by atoms with Crippen LogP contribution in [0.2, 0.25) is 0 Å². The van der Waals surface area contributed by atoms with E-state index in [9.17, 15) is 8.78 Å². The van der Waals surface area contributed by atoms with E-state index >= 15 is 0 Å². The zero-order valence-electron chi connectivity index (χ0n) is 32.7. The quantitative estimate of drug-likeness (QED) is 0.0601. The normalized spacial score (nSPS) is 15.1. The van der Waals surface area contributed by atoms with Gasteiger partial charge in [0.2, 0.25) is 0 Å². The van der Waals surface area contributed by atoms with Gasteiger partial charge in [-0.05, 0) is 199 Å². The van der Waals surface area contributed by atoms with Gasteiger partial charge >= 0.3 is 29.6 Å². The molecule has 2 fully saturated rings. The zero-order valence-corrected chi connectivity index (χ0v) is 36.2. The van der Waals surface area contributed by atoms with Crippen molar-refractivity contribution in [3.05, 3.63) is 141 Å². The Balaban J connectivity index is 0.000000181. The molecule has 0 atom stereocenters. The van der Waals surface area contributed by atoms with Crippen molar-refractivity contribution in [2.24, 2.45) is 0 Å². The van der Waals surface area contributed by atoms with Crippen LogP contribution in [0.1, 0.15) is 48.9 Å². The van der Waals surface area contributed by atoms with Crippen LogP contribution in [-0.4, -0.2) is 85.1 Å². The molecule has 2 aromatic carbocycles. The molecule has 5 aromatic heterocycles. The van der Waals surface area contributed by atoms with E-state index in [1.165, 1.54) is 40.6 Å². The Labute approximate surface area is 365 Å². The van der Waals surface area contributed by atoms with Crippen molar-refractivity contribution < 1.29 is 38.3 Å². The molecule has 58 heavy (non-hydrogen) atoms. The Hall–Kier alpha value is -4.73. The maximum absolute atomic E-state index is 13.5. The van der Waals surface area contributed by atoms with E-state index < -0.39 is 0 Å². The molecule has 0 bridgehead atoms. The van der Waals surface area contributed by atoms with E-state index in [0.717, 1.165) is 101 Å². The molecule has 0 aliphatic carbocycles. The number of H-pyrrole nitrogens is 2. The maximum atomic E-state index is 13.5. The fourth-order valence-corrected chi connectivity index (χ4v) is 8.02. The molecule has 2 aliphatic rings. The number of pyridine rings is 2. The molecule has 7 aromatic rings. The second-order valence-corrected chi connectivity index (χ2v) is 15.4. The minimum atomic E-state index is -0.233. The Morgan fingerprint density at radius 2 is 1.14 bits per heavy atom. The van der Waals surface area contributed by atoms with Crippen molar-refractivity contribution >= 4 is 21.6 Å². The number of piperidine rings is 2. The van der Waals surface area contributed by atoms with E-state index in [4.69, 9.17) is 11.1 Å². The molecule has 0 amide bonds. The summed E-state index contributed by atoms with van der Waals surface area (Å²) in [5.41, 5.74) is 25.1. The summed E-state index contributed by atoms with van der Waals surface area (Å²) in [5, 5.41) is 11.7. The molecule has 0 radical (unpaired) electrons. The van der Waals surface area contributed by atoms with Gasteiger partial charge in [0.05, 0.1) is 11.4 Å². The van der Waals surface area contributed by atoms with E-state index in [1.807, 2.05) is 54.7 Å². The van der Waals surface area contributed by atoms with Crippen molar-refractivity contribution in [2.75, 3.05) is 40.3 Å². The Kier molecular flexibility index (Phi) is 14.6. The summed E-state index contributed by atoms with van der Waals surface area (Å²) < 4.78 is 29.3. The minimum Gasteiger partial charge on any atom is -0.373 e. The Bertz CT molecular complexity index is 2440. The number of fused-ring (bicyclic) bond motifs is 1. The van der Waals surface area contributed by atoms with Gasteiger partial charge in [-0.2, -0.15) is 0 Å². The molecule has 2 saturated heterocycles. The molecule has 0 saturated carbocycles. The standard InChI is InChI=1S/C21H21BrFN3.C21H21FN6.N3.Na/c1-26-10-7-14(8-11-26)19-13-18(16-6-9-24-20(22)12-16)21(25-19)15-2-4-17(23)5-3-15;1-27-9-6-14(7-10-27)19-13-18(16-8-11-28-20(12-16)24-25-26-28)21(23-19)15-2-4-17(22)5-3-15;1-3-2;/h2-6,9,12-14,25H,7-8,10-11H2,1H3;2-5,8,11-14,23H,6-7,9-10H2,1H3;;/q;;-1;+1. The molecular formula is C42H42BrF2N12Na. The maximum Gasteiger partial charge on any atom is 1.00 e. The first-order valence-electron chi connectivity index (χ1n) is 18.8. The minimum absolute atomic E-state index is 0. The number of hydrogen-bond acceptors (Lipinski definition) is 6. The first kappa shape index (κ1) is 42.9. The number of nitrogens with zero attached hydrogens (tertiary/aromatic N) is 10. The fourth-order valence-electron chi connectivity index (χ4n) is 7.65. The third-order valence-electron chi connectivity index (χ3n) is 10.8. The van der Waals surface area contributed by atoms with E-state index in [2.05, 4.69) is 82.4 Å². The summed E-state index contributed by atoms with van der Waals surface area (Å²) in [5.74, 6) is 0.583. The number of hydrogen-bond donors (Lipinski definition) is 2. The van der Waals surface area contributed by atoms with Crippen LogP contribution in [0, 0.1) is 11.6 Å². The SMILES string of the molecule is CN1CCC(c2cc(-c3ccn4nnnc4c3)c(-c3ccc(F)cc3)[nH]2)CC1.CN1CCC(c2cc(-c3ccnc(Br)c3)c(-c3ccc(F)cc3)[nH]2)CC1.[N-]=[N+]=[N-].[Na+]. The van der Waals surface area contributed by atoms with Crippen LogP contribution in [0.15, 0.2) is 102 Å². The van der Waals surface area contributed by atoms with Gasteiger partial charge in [-0.25, -0.2) is 18.3 Å². The number of benzene rings is 2. The Morgan fingerprint density at radius 3 is 1.60 bits per heavy atom. The first-order valence-corrected chi connectivity index (χ1v) is 19.6. The third-order valence-corrected chi connectivity index (χ3v) is 11.2. The van der Waals surface area contributed by atoms with Crippen molar-refractivity contribution in [3.8, 4) is 44.8 Å². The summed E-state index contributed by atoms with van der Waals surface area (Å²) in [4.78, 5) is 17.8. The van der Waals surface area contributed by atoms with Gasteiger partial charge in [-0.3, -0.25) is 4.91 Å². The van der Waals surface area contributed by atoms with E-state index in [0.29, 0.717) is 17.5 Å². The number of nitrogens with one attached hydrogen (secondary N) is 2. The van der Waals surface area contributed by atoms with Crippen molar-refractivity contribution in [3.63, 3.8) is 0 Å². The molecule has 9 rings (SSSR count). The van der Waals surface area contributed by atoms with E-state index in [-0.39, 0.29) is 41.2 Å². The molecule has 7 heterocycles. The number of rotatable bonds is 6. The molecule has 292 valence electrons. The smallest absolute Gasteiger partial charge is 0.373 e. The molecule has 2 N–H and O–H groups in total. The number of tetrazole rings is 1. The molecule has 0 spiro atoms. The summed E-state index contributed by atoms with van der Waals surface area (Å²) in [6.45, 7) is 4.43. The van der Waals surface area contributed by atoms with Crippen LogP contribution in [0.4, 0.5) is 8.78 Å². The molecule has 16 heteroatoms. The van der Waals surface area contributed by atoms with Crippen LogP contribution in [0.25, 0.3) is 66.4 Å². The first-order chi connectivity index (χ1) is 27.7. The monoisotopic (exact) mass is 854 g/mol. The summed E-state index contributed by atoms with van der Waals surface area (Å²) in [6.07, 6.45) is 8.23. The average Bonchev–Trinajstić information content (AvgIpc) is 3.99. The molecule has 2 aliphatic heterocycles.